The Labute approximate surface area is 115 Å². The summed E-state index contributed by atoms with van der Waals surface area (Å²) in [6.45, 7) is 2.04. The van der Waals surface area contributed by atoms with Crippen molar-refractivity contribution in [1.82, 2.24) is 4.98 Å². The summed E-state index contributed by atoms with van der Waals surface area (Å²) in [4.78, 5) is 4.43. The Bertz CT molecular complexity index is 437. The molecule has 19 heavy (non-hydrogen) atoms. The van der Waals surface area contributed by atoms with Gasteiger partial charge in [-0.3, -0.25) is 4.98 Å². The molecule has 0 amide bonds. The average Bonchev–Trinajstić information content (AvgIpc) is 2.38. The summed E-state index contributed by atoms with van der Waals surface area (Å²) in [5, 5.41) is 0. The van der Waals surface area contributed by atoms with Gasteiger partial charge in [0, 0.05) is 17.9 Å². The van der Waals surface area contributed by atoms with Gasteiger partial charge in [0.1, 0.15) is 0 Å². The number of nitrogens with zero attached hydrogens (tertiary/aromatic N) is 1. The number of pyridine rings is 1. The fourth-order valence-corrected chi connectivity index (χ4v) is 5.45. The lowest BCUT2D eigenvalue weighted by molar-refractivity contribution is -0.0472. The van der Waals surface area contributed by atoms with Gasteiger partial charge in [0.05, 0.1) is 0 Å². The van der Waals surface area contributed by atoms with E-state index in [1.54, 1.807) is 0 Å². The third-order valence-electron chi connectivity index (χ3n) is 6.03. The van der Waals surface area contributed by atoms with Crippen LogP contribution in [0.25, 0.3) is 0 Å². The molecule has 0 radical (unpaired) electrons. The van der Waals surface area contributed by atoms with Crippen molar-refractivity contribution in [3.63, 3.8) is 0 Å². The molecule has 0 aromatic carbocycles. The second-order valence-electron chi connectivity index (χ2n) is 7.27. The molecule has 1 atom stereocenters. The van der Waals surface area contributed by atoms with Gasteiger partial charge >= 0.3 is 0 Å². The zero-order valence-electron chi connectivity index (χ0n) is 11.8. The number of rotatable bonds is 2. The standard InChI is InChI=1S/C17H24N2/c1-10-2-3-13(9-19-10)17(18)16-14-5-11-4-12(7-14)8-15(16)6-11/h2-3,9,11-12,14-17H,4-8,18H2,1H3. The van der Waals surface area contributed by atoms with E-state index in [0.29, 0.717) is 0 Å². The number of aromatic nitrogens is 1. The lowest BCUT2D eigenvalue weighted by Crippen LogP contribution is -2.48. The molecular formula is C17H24N2. The van der Waals surface area contributed by atoms with E-state index in [4.69, 9.17) is 5.73 Å². The number of hydrogen-bond donors (Lipinski definition) is 1. The maximum Gasteiger partial charge on any atom is 0.0372 e. The van der Waals surface area contributed by atoms with Crippen molar-refractivity contribution < 1.29 is 0 Å². The molecular weight excluding hydrogens is 232 g/mol. The van der Waals surface area contributed by atoms with Crippen molar-refractivity contribution in [2.75, 3.05) is 0 Å². The first kappa shape index (κ1) is 11.9. The maximum absolute atomic E-state index is 6.63. The van der Waals surface area contributed by atoms with Gasteiger partial charge in [-0.2, -0.15) is 0 Å². The molecule has 0 spiro atoms. The monoisotopic (exact) mass is 256 g/mol. The topological polar surface area (TPSA) is 38.9 Å². The van der Waals surface area contributed by atoms with E-state index in [0.717, 1.165) is 35.3 Å². The van der Waals surface area contributed by atoms with E-state index in [1.165, 1.54) is 37.7 Å². The summed E-state index contributed by atoms with van der Waals surface area (Å²) in [6.07, 6.45) is 9.32. The van der Waals surface area contributed by atoms with Crippen LogP contribution in [0.2, 0.25) is 0 Å². The van der Waals surface area contributed by atoms with Crippen molar-refractivity contribution in [1.29, 1.82) is 0 Å². The molecule has 1 aromatic rings. The highest BCUT2D eigenvalue weighted by Crippen LogP contribution is 2.58. The van der Waals surface area contributed by atoms with Crippen LogP contribution >= 0.6 is 0 Å². The van der Waals surface area contributed by atoms with Crippen LogP contribution in [0.1, 0.15) is 49.4 Å². The van der Waals surface area contributed by atoms with Crippen LogP contribution in [-0.2, 0) is 0 Å². The Morgan fingerprint density at radius 2 is 1.68 bits per heavy atom. The second-order valence-corrected chi connectivity index (χ2v) is 7.27. The van der Waals surface area contributed by atoms with Gasteiger partial charge in [-0.15, -0.1) is 0 Å². The zero-order chi connectivity index (χ0) is 13.0. The number of hydrogen-bond acceptors (Lipinski definition) is 2. The SMILES string of the molecule is Cc1ccc(C(N)C2C3CC4CC(C3)CC2C4)cn1. The molecule has 0 saturated heterocycles. The predicted octanol–water partition coefficient (Wildman–Crippen LogP) is 3.46. The van der Waals surface area contributed by atoms with E-state index >= 15 is 0 Å². The van der Waals surface area contributed by atoms with Crippen molar-refractivity contribution in [3.8, 4) is 0 Å². The fraction of sp³-hybridized carbons (Fsp3) is 0.706. The summed E-state index contributed by atoms with van der Waals surface area (Å²) < 4.78 is 0. The lowest BCUT2D eigenvalue weighted by atomic mass is 9.50. The highest BCUT2D eigenvalue weighted by Gasteiger charge is 2.50. The van der Waals surface area contributed by atoms with Gasteiger partial charge < -0.3 is 5.73 Å². The molecule has 1 heterocycles. The van der Waals surface area contributed by atoms with Crippen LogP contribution in [0, 0.1) is 36.5 Å². The first-order valence-electron chi connectivity index (χ1n) is 7.89. The van der Waals surface area contributed by atoms with E-state index in [1.807, 2.05) is 13.1 Å². The summed E-state index contributed by atoms with van der Waals surface area (Å²) in [5.41, 5.74) is 8.97. The minimum atomic E-state index is 0.211. The van der Waals surface area contributed by atoms with Gasteiger partial charge in [-0.05, 0) is 80.2 Å². The summed E-state index contributed by atoms with van der Waals surface area (Å²) >= 11 is 0. The Balaban J connectivity index is 1.60. The molecule has 4 saturated carbocycles. The third-order valence-corrected chi connectivity index (χ3v) is 6.03. The average molecular weight is 256 g/mol. The van der Waals surface area contributed by atoms with E-state index in [-0.39, 0.29) is 6.04 Å². The smallest absolute Gasteiger partial charge is 0.0372 e. The molecule has 2 N–H and O–H groups in total. The Morgan fingerprint density at radius 3 is 2.21 bits per heavy atom. The first-order valence-corrected chi connectivity index (χ1v) is 7.89. The molecule has 5 rings (SSSR count). The normalized spacial score (nSPS) is 41.5. The lowest BCUT2D eigenvalue weighted by Gasteiger charge is -2.56. The van der Waals surface area contributed by atoms with Gasteiger partial charge in [0.2, 0.25) is 0 Å². The Morgan fingerprint density at radius 1 is 1.05 bits per heavy atom. The fourth-order valence-electron chi connectivity index (χ4n) is 5.45. The molecule has 4 fully saturated rings. The molecule has 4 aliphatic rings. The molecule has 1 aromatic heterocycles. The van der Waals surface area contributed by atoms with Crippen LogP contribution in [0.15, 0.2) is 18.3 Å². The van der Waals surface area contributed by atoms with Crippen molar-refractivity contribution in [2.45, 2.75) is 45.1 Å². The van der Waals surface area contributed by atoms with E-state index in [2.05, 4.69) is 17.1 Å². The highest BCUT2D eigenvalue weighted by molar-refractivity contribution is 5.19. The van der Waals surface area contributed by atoms with E-state index in [9.17, 15) is 0 Å². The van der Waals surface area contributed by atoms with Crippen LogP contribution in [0.5, 0.6) is 0 Å². The quantitative estimate of drug-likeness (QED) is 0.880. The Hall–Kier alpha value is -0.890. The molecule has 4 aliphatic carbocycles. The number of aryl methyl sites for hydroxylation is 1. The van der Waals surface area contributed by atoms with Crippen LogP contribution in [0.3, 0.4) is 0 Å². The molecule has 2 heteroatoms. The van der Waals surface area contributed by atoms with Crippen molar-refractivity contribution in [2.24, 2.45) is 35.3 Å². The van der Waals surface area contributed by atoms with Gasteiger partial charge in [-0.1, -0.05) is 6.07 Å². The first-order chi connectivity index (χ1) is 9.20. The third kappa shape index (κ3) is 1.92. The molecule has 1 unspecified atom stereocenters. The largest absolute Gasteiger partial charge is 0.324 e. The van der Waals surface area contributed by atoms with Crippen molar-refractivity contribution >= 4 is 0 Å². The second kappa shape index (κ2) is 4.31. The van der Waals surface area contributed by atoms with Gasteiger partial charge in [0.25, 0.3) is 0 Å². The van der Waals surface area contributed by atoms with Crippen LogP contribution < -0.4 is 5.73 Å². The van der Waals surface area contributed by atoms with Gasteiger partial charge in [-0.25, -0.2) is 0 Å². The van der Waals surface area contributed by atoms with Gasteiger partial charge in [0.15, 0.2) is 0 Å². The summed E-state index contributed by atoms with van der Waals surface area (Å²) in [7, 11) is 0. The minimum Gasteiger partial charge on any atom is -0.324 e. The summed E-state index contributed by atoms with van der Waals surface area (Å²) in [6, 6.07) is 4.51. The minimum absolute atomic E-state index is 0.211. The molecule has 0 aliphatic heterocycles. The summed E-state index contributed by atoms with van der Waals surface area (Å²) in [5.74, 6) is 4.57. The highest BCUT2D eigenvalue weighted by atomic mass is 14.7. The van der Waals surface area contributed by atoms with Crippen LogP contribution in [-0.4, -0.2) is 4.98 Å². The van der Waals surface area contributed by atoms with E-state index < -0.39 is 0 Å². The van der Waals surface area contributed by atoms with Crippen molar-refractivity contribution in [3.05, 3.63) is 29.6 Å². The Kier molecular flexibility index (Phi) is 2.70. The molecule has 4 bridgehead atoms. The van der Waals surface area contributed by atoms with Crippen LogP contribution in [0.4, 0.5) is 0 Å². The zero-order valence-corrected chi connectivity index (χ0v) is 11.8. The molecule has 2 nitrogen and oxygen atoms in total. The molecule has 102 valence electrons. The number of nitrogens with two attached hydrogens (primary N) is 1. The predicted molar refractivity (Wildman–Crippen MR) is 76.4 cm³/mol. The maximum atomic E-state index is 6.63.